The molecule has 2 atom stereocenters. The standard InChI is InChI=1S/C18H32N2O7S/c1-5-20(8-7-19(2)15-20)18(14-16(21)22,27-17(23)6-13-28-4)26-12-11-25-10-9-24-3/h7-8H,5-6,9-15H2,1-4H3/p+1. The number of ether oxygens (including phenoxy) is 4. The predicted molar refractivity (Wildman–Crippen MR) is 105 cm³/mol. The highest BCUT2D eigenvalue weighted by Crippen LogP contribution is 2.36. The highest BCUT2D eigenvalue weighted by atomic mass is 32.2. The van der Waals surface area contributed by atoms with Gasteiger partial charge in [-0.3, -0.25) is 14.3 Å². The number of aliphatic carboxylic acids is 1. The Balaban J connectivity index is 3.06. The van der Waals surface area contributed by atoms with Crippen molar-refractivity contribution in [2.45, 2.75) is 25.7 Å². The number of hydrogen-bond donors (Lipinski definition) is 1. The maximum Gasteiger partial charge on any atom is 0.380 e. The van der Waals surface area contributed by atoms with Crippen LogP contribution in [0, 0.1) is 0 Å². The molecule has 1 heterocycles. The maximum absolute atomic E-state index is 12.5. The lowest BCUT2D eigenvalue weighted by molar-refractivity contribution is -0.982. The molecule has 0 aromatic rings. The van der Waals surface area contributed by atoms with E-state index in [1.54, 1.807) is 7.11 Å². The van der Waals surface area contributed by atoms with E-state index in [1.165, 1.54) is 11.8 Å². The van der Waals surface area contributed by atoms with Gasteiger partial charge in [0.05, 0.1) is 45.6 Å². The minimum atomic E-state index is -1.66. The lowest BCUT2D eigenvalue weighted by atomic mass is 10.2. The fourth-order valence-electron chi connectivity index (χ4n) is 3.00. The predicted octanol–water partition coefficient (Wildman–Crippen LogP) is 1.30. The third kappa shape index (κ3) is 6.93. The number of carbonyl (C=O) groups is 2. The van der Waals surface area contributed by atoms with Crippen LogP contribution in [0.3, 0.4) is 0 Å². The molecule has 10 heteroatoms. The van der Waals surface area contributed by atoms with Crippen LogP contribution >= 0.6 is 11.8 Å². The number of esters is 1. The van der Waals surface area contributed by atoms with Gasteiger partial charge in [0.2, 0.25) is 0 Å². The van der Waals surface area contributed by atoms with Gasteiger partial charge in [0, 0.05) is 19.9 Å². The van der Waals surface area contributed by atoms with E-state index in [-0.39, 0.29) is 24.1 Å². The van der Waals surface area contributed by atoms with Crippen molar-refractivity contribution in [2.75, 3.05) is 65.8 Å². The number of carboxylic acids is 1. The summed E-state index contributed by atoms with van der Waals surface area (Å²) in [6, 6.07) is 0. The molecule has 0 radical (unpaired) electrons. The topological polar surface area (TPSA) is 94.5 Å². The van der Waals surface area contributed by atoms with Gasteiger partial charge in [0.15, 0.2) is 13.1 Å². The summed E-state index contributed by atoms with van der Waals surface area (Å²) in [6.07, 6.45) is 5.27. The van der Waals surface area contributed by atoms with Crippen molar-refractivity contribution in [3.05, 3.63) is 12.4 Å². The maximum atomic E-state index is 12.5. The number of carbonyl (C=O) groups excluding carboxylic acids is 1. The number of rotatable bonds is 15. The molecule has 1 aliphatic rings. The van der Waals surface area contributed by atoms with Crippen LogP contribution in [-0.2, 0) is 28.5 Å². The van der Waals surface area contributed by atoms with Gasteiger partial charge < -0.3 is 24.2 Å². The van der Waals surface area contributed by atoms with E-state index in [4.69, 9.17) is 18.9 Å². The highest BCUT2D eigenvalue weighted by Gasteiger charge is 2.58. The second-order valence-corrected chi connectivity index (χ2v) is 7.49. The van der Waals surface area contributed by atoms with E-state index in [9.17, 15) is 14.7 Å². The lowest BCUT2D eigenvalue weighted by Gasteiger charge is -2.45. The van der Waals surface area contributed by atoms with E-state index >= 15 is 0 Å². The molecule has 0 saturated carbocycles. The number of quaternary nitrogens is 1. The lowest BCUT2D eigenvalue weighted by Crippen LogP contribution is -2.66. The molecule has 162 valence electrons. The third-order valence-electron chi connectivity index (χ3n) is 4.47. The molecule has 0 bridgehead atoms. The average Bonchev–Trinajstić information content (AvgIpc) is 3.05. The summed E-state index contributed by atoms with van der Waals surface area (Å²) in [6.45, 7) is 4.01. The van der Waals surface area contributed by atoms with E-state index in [2.05, 4.69) is 0 Å². The molecule has 0 amide bonds. The molecule has 0 aromatic carbocycles. The van der Waals surface area contributed by atoms with Gasteiger partial charge in [0.25, 0.3) is 0 Å². The number of thioether (sulfide) groups is 1. The summed E-state index contributed by atoms with van der Waals surface area (Å²) in [5, 5.41) is 9.58. The zero-order chi connectivity index (χ0) is 21.0. The Labute approximate surface area is 171 Å². The summed E-state index contributed by atoms with van der Waals surface area (Å²) >= 11 is 1.52. The van der Waals surface area contributed by atoms with Crippen molar-refractivity contribution in [1.29, 1.82) is 0 Å². The van der Waals surface area contributed by atoms with Crippen molar-refractivity contribution in [2.24, 2.45) is 0 Å². The van der Waals surface area contributed by atoms with Crippen molar-refractivity contribution in [1.82, 2.24) is 4.90 Å². The Bertz CT molecular complexity index is 534. The van der Waals surface area contributed by atoms with Crippen LogP contribution in [0.2, 0.25) is 0 Å². The minimum Gasteiger partial charge on any atom is -0.481 e. The van der Waals surface area contributed by atoms with Crippen LogP contribution in [0.5, 0.6) is 0 Å². The Kier molecular flexibility index (Phi) is 10.8. The molecule has 0 saturated heterocycles. The number of hydrogen-bond acceptors (Lipinski definition) is 8. The number of nitrogens with zero attached hydrogens (tertiary/aromatic N) is 2. The largest absolute Gasteiger partial charge is 0.481 e. The summed E-state index contributed by atoms with van der Waals surface area (Å²) < 4.78 is 22.2. The van der Waals surface area contributed by atoms with Crippen LogP contribution in [0.1, 0.15) is 19.8 Å². The Hall–Kier alpha value is -1.33. The fourth-order valence-corrected chi connectivity index (χ4v) is 3.38. The van der Waals surface area contributed by atoms with Crippen molar-refractivity contribution in [3.8, 4) is 0 Å². The first kappa shape index (κ1) is 24.7. The van der Waals surface area contributed by atoms with Crippen molar-refractivity contribution < 1.29 is 38.1 Å². The Morgan fingerprint density at radius 3 is 2.54 bits per heavy atom. The van der Waals surface area contributed by atoms with Crippen LogP contribution in [0.15, 0.2) is 12.4 Å². The summed E-state index contributed by atoms with van der Waals surface area (Å²) in [4.78, 5) is 26.1. The van der Waals surface area contributed by atoms with Crippen LogP contribution < -0.4 is 0 Å². The molecule has 28 heavy (non-hydrogen) atoms. The molecular weight excluding hydrogens is 388 g/mol. The SMILES string of the molecule is CC[N+]1(C(CC(=O)O)(OCCOCCOC)OC(=O)CCSC)C=CN(C)C1. The summed E-state index contributed by atoms with van der Waals surface area (Å²) in [5.74, 6) is -2.66. The third-order valence-corrected chi connectivity index (χ3v) is 5.08. The van der Waals surface area contributed by atoms with Crippen LogP contribution in [0.4, 0.5) is 0 Å². The summed E-state index contributed by atoms with van der Waals surface area (Å²) in [5.41, 5.74) is 0. The number of carboxylic acid groups (broad SMARTS) is 1. The molecule has 1 N–H and O–H groups in total. The first-order valence-corrected chi connectivity index (χ1v) is 10.6. The normalized spacial score (nSPS) is 20.9. The van der Waals surface area contributed by atoms with Crippen LogP contribution in [0.25, 0.3) is 0 Å². The van der Waals surface area contributed by atoms with Gasteiger partial charge in [-0.2, -0.15) is 11.8 Å². The molecule has 2 unspecified atom stereocenters. The smallest absolute Gasteiger partial charge is 0.380 e. The monoisotopic (exact) mass is 421 g/mol. The van der Waals surface area contributed by atoms with Gasteiger partial charge in [0.1, 0.15) is 6.20 Å². The molecule has 1 aliphatic heterocycles. The fraction of sp³-hybridized carbons (Fsp3) is 0.778. The Morgan fingerprint density at radius 2 is 2.00 bits per heavy atom. The highest BCUT2D eigenvalue weighted by molar-refractivity contribution is 7.98. The van der Waals surface area contributed by atoms with Gasteiger partial charge in [-0.05, 0) is 13.2 Å². The second-order valence-electron chi connectivity index (χ2n) is 6.50. The quantitative estimate of drug-likeness (QED) is 0.182. The van der Waals surface area contributed by atoms with E-state index in [0.717, 1.165) is 0 Å². The molecule has 9 nitrogen and oxygen atoms in total. The van der Waals surface area contributed by atoms with Crippen molar-refractivity contribution >= 4 is 23.7 Å². The molecule has 1 rings (SSSR count). The van der Waals surface area contributed by atoms with E-state index < -0.39 is 24.3 Å². The molecule has 0 aliphatic carbocycles. The first-order chi connectivity index (χ1) is 13.3. The Morgan fingerprint density at radius 1 is 1.29 bits per heavy atom. The minimum absolute atomic E-state index is 0.0544. The zero-order valence-corrected chi connectivity index (χ0v) is 18.0. The van der Waals surface area contributed by atoms with Gasteiger partial charge in [-0.1, -0.05) is 0 Å². The van der Waals surface area contributed by atoms with E-state index in [1.807, 2.05) is 37.5 Å². The summed E-state index contributed by atoms with van der Waals surface area (Å²) in [7, 11) is 3.46. The molecule has 0 spiro atoms. The zero-order valence-electron chi connectivity index (χ0n) is 17.2. The molecule has 0 fully saturated rings. The average molecular weight is 422 g/mol. The second kappa shape index (κ2) is 12.3. The van der Waals surface area contributed by atoms with E-state index in [0.29, 0.717) is 32.2 Å². The molecule has 0 aromatic heterocycles. The van der Waals surface area contributed by atoms with Gasteiger partial charge in [-0.15, -0.1) is 0 Å². The number of methoxy groups -OCH3 is 1. The van der Waals surface area contributed by atoms with Crippen LogP contribution in [-0.4, -0.2) is 98.1 Å². The molecular formula is C18H33N2O7S+. The first-order valence-electron chi connectivity index (χ1n) is 9.24. The van der Waals surface area contributed by atoms with Crippen molar-refractivity contribution in [3.63, 3.8) is 0 Å². The van der Waals surface area contributed by atoms with Gasteiger partial charge in [-0.25, -0.2) is 4.48 Å². The van der Waals surface area contributed by atoms with Gasteiger partial charge >= 0.3 is 17.8 Å².